The zero-order valence-electron chi connectivity index (χ0n) is 16.6. The average Bonchev–Trinajstić information content (AvgIpc) is 2.95. The second-order valence-electron chi connectivity index (χ2n) is 6.71. The van der Waals surface area contributed by atoms with Crippen molar-refractivity contribution in [3.05, 3.63) is 69.6 Å². The van der Waals surface area contributed by atoms with E-state index in [0.29, 0.717) is 5.17 Å². The molecule has 1 aliphatic heterocycles. The lowest BCUT2D eigenvalue weighted by Crippen LogP contribution is -2.29. The highest BCUT2D eigenvalue weighted by Crippen LogP contribution is 2.37. The average molecular weight is 394 g/mol. The molecule has 0 radical (unpaired) electrons. The maximum absolute atomic E-state index is 13.0. The maximum atomic E-state index is 13.0. The van der Waals surface area contributed by atoms with Gasteiger partial charge in [0.2, 0.25) is 0 Å². The van der Waals surface area contributed by atoms with Crippen LogP contribution in [0.4, 0.5) is 11.4 Å². The second kappa shape index (κ2) is 8.02. The minimum Gasteiger partial charge on any atom is -0.466 e. The molecule has 6 heteroatoms. The first kappa shape index (κ1) is 19.9. The first-order valence-corrected chi connectivity index (χ1v) is 9.67. The predicted octanol–water partition coefficient (Wildman–Crippen LogP) is 4.74. The Labute approximate surface area is 169 Å². The van der Waals surface area contributed by atoms with Crippen LogP contribution in [-0.4, -0.2) is 24.2 Å². The molecular weight excluding hydrogens is 372 g/mol. The largest absolute Gasteiger partial charge is 0.466 e. The monoisotopic (exact) mass is 394 g/mol. The fourth-order valence-electron chi connectivity index (χ4n) is 2.71. The number of esters is 1. The number of aliphatic imine (C=N–C) groups is 1. The summed E-state index contributed by atoms with van der Waals surface area (Å²) in [5.74, 6) is -0.857. The van der Waals surface area contributed by atoms with E-state index in [4.69, 9.17) is 4.99 Å². The van der Waals surface area contributed by atoms with Gasteiger partial charge in [-0.25, -0.2) is 9.79 Å². The minimum atomic E-state index is -0.566. The van der Waals surface area contributed by atoms with Gasteiger partial charge in [-0.3, -0.25) is 9.69 Å². The number of amidine groups is 1. The van der Waals surface area contributed by atoms with Crippen LogP contribution in [0.15, 0.2) is 52.4 Å². The van der Waals surface area contributed by atoms with Gasteiger partial charge in [0.1, 0.15) is 0 Å². The van der Waals surface area contributed by atoms with Crippen LogP contribution in [0.1, 0.15) is 22.3 Å². The van der Waals surface area contributed by atoms with Gasteiger partial charge in [0.25, 0.3) is 5.91 Å². The van der Waals surface area contributed by atoms with E-state index in [-0.39, 0.29) is 10.8 Å². The molecule has 1 heterocycles. The third-order valence-corrected chi connectivity index (χ3v) is 5.69. The van der Waals surface area contributed by atoms with Crippen molar-refractivity contribution in [3.63, 3.8) is 0 Å². The molecule has 0 bridgehead atoms. The van der Waals surface area contributed by atoms with Crippen LogP contribution in [-0.2, 0) is 14.3 Å². The number of hydrogen-bond acceptors (Lipinski definition) is 5. The molecule has 0 aromatic heterocycles. The Bertz CT molecular complexity index is 1020. The van der Waals surface area contributed by atoms with E-state index in [9.17, 15) is 9.59 Å². The molecule has 0 aliphatic carbocycles. The summed E-state index contributed by atoms with van der Waals surface area (Å²) < 4.78 is 4.68. The van der Waals surface area contributed by atoms with Gasteiger partial charge in [-0.1, -0.05) is 12.1 Å². The van der Waals surface area contributed by atoms with Crippen LogP contribution >= 0.6 is 11.8 Å². The van der Waals surface area contributed by atoms with Gasteiger partial charge in [0.05, 0.1) is 23.4 Å². The van der Waals surface area contributed by atoms with Crippen molar-refractivity contribution < 1.29 is 14.3 Å². The van der Waals surface area contributed by atoms with E-state index in [2.05, 4.69) is 4.74 Å². The highest BCUT2D eigenvalue weighted by molar-refractivity contribution is 8.19. The molecule has 1 aliphatic rings. The van der Waals surface area contributed by atoms with Crippen LogP contribution < -0.4 is 4.90 Å². The molecular formula is C22H22N2O3S. The zero-order valence-corrected chi connectivity index (χ0v) is 17.4. The molecule has 0 saturated carbocycles. The van der Waals surface area contributed by atoms with Crippen molar-refractivity contribution in [2.75, 3.05) is 12.0 Å². The van der Waals surface area contributed by atoms with Gasteiger partial charge in [0.15, 0.2) is 5.17 Å². The number of benzene rings is 2. The molecule has 5 nitrogen and oxygen atoms in total. The Kier molecular flexibility index (Phi) is 5.70. The van der Waals surface area contributed by atoms with Crippen molar-refractivity contribution in [3.8, 4) is 0 Å². The molecule has 1 amide bonds. The van der Waals surface area contributed by atoms with Crippen molar-refractivity contribution in [2.24, 2.45) is 4.99 Å². The lowest BCUT2D eigenvalue weighted by molar-refractivity contribution is -0.135. The van der Waals surface area contributed by atoms with E-state index in [0.717, 1.165) is 28.1 Å². The topological polar surface area (TPSA) is 59.0 Å². The molecule has 144 valence electrons. The first-order valence-electron chi connectivity index (χ1n) is 8.85. The third-order valence-electron chi connectivity index (χ3n) is 4.72. The molecule has 0 N–H and O–H groups in total. The zero-order chi connectivity index (χ0) is 20.4. The summed E-state index contributed by atoms with van der Waals surface area (Å²) in [4.78, 5) is 31.2. The van der Waals surface area contributed by atoms with Crippen molar-refractivity contribution in [1.82, 2.24) is 0 Å². The van der Waals surface area contributed by atoms with Crippen LogP contribution in [0, 0.1) is 27.7 Å². The van der Waals surface area contributed by atoms with E-state index in [1.54, 1.807) is 4.90 Å². The van der Waals surface area contributed by atoms with E-state index in [1.807, 2.05) is 64.1 Å². The number of nitrogens with zero attached hydrogens (tertiary/aromatic N) is 2. The van der Waals surface area contributed by atoms with Crippen LogP contribution in [0.2, 0.25) is 0 Å². The molecule has 0 spiro atoms. The van der Waals surface area contributed by atoms with Crippen molar-refractivity contribution in [1.29, 1.82) is 0 Å². The minimum absolute atomic E-state index is 0.285. The van der Waals surface area contributed by atoms with Gasteiger partial charge in [-0.05, 0) is 86.0 Å². The molecule has 1 fully saturated rings. The molecule has 1 saturated heterocycles. The summed E-state index contributed by atoms with van der Waals surface area (Å²) in [5, 5.41) is 0.506. The summed E-state index contributed by atoms with van der Waals surface area (Å²) in [6, 6.07) is 11.7. The number of rotatable bonds is 3. The van der Waals surface area contributed by atoms with Gasteiger partial charge in [0, 0.05) is 6.08 Å². The van der Waals surface area contributed by atoms with Crippen molar-refractivity contribution in [2.45, 2.75) is 27.7 Å². The number of hydrogen-bond donors (Lipinski definition) is 0. The van der Waals surface area contributed by atoms with E-state index in [1.165, 1.54) is 30.5 Å². The first-order chi connectivity index (χ1) is 13.3. The third kappa shape index (κ3) is 4.02. The number of amides is 1. The van der Waals surface area contributed by atoms with E-state index < -0.39 is 5.97 Å². The van der Waals surface area contributed by atoms with Gasteiger partial charge in [-0.15, -0.1) is 0 Å². The summed E-state index contributed by atoms with van der Waals surface area (Å²) in [6.45, 7) is 8.08. The lowest BCUT2D eigenvalue weighted by atomic mass is 10.1. The highest BCUT2D eigenvalue weighted by Gasteiger charge is 2.35. The Balaban J connectivity index is 2.10. The summed E-state index contributed by atoms with van der Waals surface area (Å²) in [7, 11) is 1.29. The molecule has 2 aromatic rings. The summed E-state index contributed by atoms with van der Waals surface area (Å²) >= 11 is 1.17. The Morgan fingerprint density at radius 2 is 1.64 bits per heavy atom. The number of methoxy groups -OCH3 is 1. The molecule has 0 unspecified atom stereocenters. The number of aryl methyl sites for hydroxylation is 4. The standard InChI is InChI=1S/C22H22N2O3S/c1-13-6-8-17(10-15(13)3)23-22-24(18-9-7-14(2)16(4)11-18)21(26)19(28-22)12-20(25)27-5/h6-12H,1-5H3/b19-12-,23-22?. The van der Waals surface area contributed by atoms with Gasteiger partial charge in [-0.2, -0.15) is 0 Å². The van der Waals surface area contributed by atoms with Crippen LogP contribution in [0.3, 0.4) is 0 Å². The smallest absolute Gasteiger partial charge is 0.331 e. The number of ether oxygens (including phenoxy) is 1. The van der Waals surface area contributed by atoms with Crippen LogP contribution in [0.5, 0.6) is 0 Å². The summed E-state index contributed by atoms with van der Waals surface area (Å²) in [5.41, 5.74) is 5.99. The predicted molar refractivity (Wildman–Crippen MR) is 114 cm³/mol. The van der Waals surface area contributed by atoms with Gasteiger partial charge < -0.3 is 4.74 Å². The fraction of sp³-hybridized carbons (Fsp3) is 0.227. The molecule has 3 rings (SSSR count). The normalized spacial score (nSPS) is 16.9. The number of anilines is 1. The fourth-order valence-corrected chi connectivity index (χ4v) is 3.67. The molecule has 28 heavy (non-hydrogen) atoms. The van der Waals surface area contributed by atoms with Crippen molar-refractivity contribution >= 4 is 40.2 Å². The van der Waals surface area contributed by atoms with Gasteiger partial charge >= 0.3 is 5.97 Å². The van der Waals surface area contributed by atoms with Crippen LogP contribution in [0.25, 0.3) is 0 Å². The Morgan fingerprint density at radius 1 is 1.00 bits per heavy atom. The summed E-state index contributed by atoms with van der Waals surface area (Å²) in [6.07, 6.45) is 1.21. The molecule has 0 atom stereocenters. The quantitative estimate of drug-likeness (QED) is 0.557. The highest BCUT2D eigenvalue weighted by atomic mass is 32.2. The van der Waals surface area contributed by atoms with E-state index >= 15 is 0 Å². The Morgan fingerprint density at radius 3 is 2.25 bits per heavy atom. The SMILES string of the molecule is COC(=O)/C=C1\SC(=Nc2ccc(C)c(C)c2)N(c2ccc(C)c(C)c2)C1=O. The number of carbonyl (C=O) groups excluding carboxylic acids is 2. The number of carbonyl (C=O) groups is 2. The number of thioether (sulfide) groups is 1. The Hall–Kier alpha value is -2.86. The second-order valence-corrected chi connectivity index (χ2v) is 7.71. The molecule has 2 aromatic carbocycles. The maximum Gasteiger partial charge on any atom is 0.331 e. The lowest BCUT2D eigenvalue weighted by Gasteiger charge is -2.17.